The highest BCUT2D eigenvalue weighted by Crippen LogP contribution is 2.46. The van der Waals surface area contributed by atoms with Gasteiger partial charge in [0.25, 0.3) is 0 Å². The molecule has 0 saturated carbocycles. The molecule has 2 aromatic carbocycles. The number of amides is 1. The molecule has 0 saturated heterocycles. The molecule has 4 rings (SSSR count). The number of hydrogen-bond acceptors (Lipinski definition) is 6. The largest absolute Gasteiger partial charge is 0.493 e. The SMILES string of the molecule is COc1cc([C@@H]2CC(=O)N(c3cccc(Br)c3)C3=C2C(=O)OC3)cc(OC)c1OC. The van der Waals surface area contributed by atoms with E-state index in [2.05, 4.69) is 15.9 Å². The van der Waals surface area contributed by atoms with Crippen molar-refractivity contribution < 1.29 is 28.5 Å². The minimum atomic E-state index is -0.473. The van der Waals surface area contributed by atoms with Crippen LogP contribution in [-0.2, 0) is 14.3 Å². The number of anilines is 1. The van der Waals surface area contributed by atoms with E-state index in [4.69, 9.17) is 18.9 Å². The maximum absolute atomic E-state index is 13.2. The van der Waals surface area contributed by atoms with E-state index in [0.717, 1.165) is 10.0 Å². The number of hydrogen-bond donors (Lipinski definition) is 0. The van der Waals surface area contributed by atoms with Gasteiger partial charge in [0.05, 0.1) is 32.6 Å². The lowest BCUT2D eigenvalue weighted by Crippen LogP contribution is -2.37. The van der Waals surface area contributed by atoms with Crippen LogP contribution < -0.4 is 19.1 Å². The molecule has 0 bridgehead atoms. The van der Waals surface area contributed by atoms with Crippen LogP contribution in [0.15, 0.2) is 52.1 Å². The Bertz CT molecular complexity index is 1040. The molecule has 0 aliphatic carbocycles. The van der Waals surface area contributed by atoms with Gasteiger partial charge in [-0.2, -0.15) is 0 Å². The quantitative estimate of drug-likeness (QED) is 0.614. The van der Waals surface area contributed by atoms with Crippen LogP contribution in [0.2, 0.25) is 0 Å². The number of methoxy groups -OCH3 is 3. The topological polar surface area (TPSA) is 74.3 Å². The highest BCUT2D eigenvalue weighted by molar-refractivity contribution is 9.10. The van der Waals surface area contributed by atoms with Crippen molar-refractivity contribution in [3.63, 3.8) is 0 Å². The molecule has 0 radical (unpaired) electrons. The first kappa shape index (κ1) is 20.3. The molecule has 7 nitrogen and oxygen atoms in total. The summed E-state index contributed by atoms with van der Waals surface area (Å²) >= 11 is 3.44. The number of rotatable bonds is 5. The molecule has 156 valence electrons. The fourth-order valence-electron chi connectivity index (χ4n) is 3.96. The summed E-state index contributed by atoms with van der Waals surface area (Å²) in [5, 5.41) is 0. The lowest BCUT2D eigenvalue weighted by Gasteiger charge is -2.32. The number of ether oxygens (including phenoxy) is 4. The van der Waals surface area contributed by atoms with Gasteiger partial charge < -0.3 is 18.9 Å². The van der Waals surface area contributed by atoms with E-state index in [9.17, 15) is 9.59 Å². The zero-order valence-corrected chi connectivity index (χ0v) is 18.3. The lowest BCUT2D eigenvalue weighted by molar-refractivity contribution is -0.136. The minimum absolute atomic E-state index is 0.0490. The van der Waals surface area contributed by atoms with Crippen LogP contribution in [0.5, 0.6) is 17.2 Å². The van der Waals surface area contributed by atoms with Gasteiger partial charge in [-0.15, -0.1) is 0 Å². The Morgan fingerprint density at radius 3 is 2.33 bits per heavy atom. The average molecular weight is 474 g/mol. The second-order valence-electron chi connectivity index (χ2n) is 6.86. The van der Waals surface area contributed by atoms with Crippen LogP contribution in [0, 0.1) is 0 Å². The maximum atomic E-state index is 13.2. The molecule has 0 spiro atoms. The van der Waals surface area contributed by atoms with E-state index in [0.29, 0.717) is 34.2 Å². The van der Waals surface area contributed by atoms with E-state index < -0.39 is 11.9 Å². The summed E-state index contributed by atoms with van der Waals surface area (Å²) in [5.74, 6) is 0.356. The molecule has 0 fully saturated rings. The number of cyclic esters (lactones) is 1. The maximum Gasteiger partial charge on any atom is 0.336 e. The molecule has 1 amide bonds. The molecule has 0 N–H and O–H groups in total. The molecule has 0 unspecified atom stereocenters. The third kappa shape index (κ3) is 3.31. The van der Waals surface area contributed by atoms with Crippen LogP contribution in [0.3, 0.4) is 0 Å². The minimum Gasteiger partial charge on any atom is -0.493 e. The van der Waals surface area contributed by atoms with Gasteiger partial charge in [0, 0.05) is 22.5 Å². The van der Waals surface area contributed by atoms with Gasteiger partial charge in [0.1, 0.15) is 6.61 Å². The summed E-state index contributed by atoms with van der Waals surface area (Å²) in [6.45, 7) is 0.0490. The van der Waals surface area contributed by atoms with Crippen molar-refractivity contribution >= 4 is 33.5 Å². The molecule has 30 heavy (non-hydrogen) atoms. The molecule has 2 aromatic rings. The summed E-state index contributed by atoms with van der Waals surface area (Å²) in [4.78, 5) is 27.4. The van der Waals surface area contributed by atoms with Crippen LogP contribution >= 0.6 is 15.9 Å². The molecule has 2 aliphatic heterocycles. The zero-order chi connectivity index (χ0) is 21.4. The van der Waals surface area contributed by atoms with Gasteiger partial charge in [-0.25, -0.2) is 4.79 Å². The van der Waals surface area contributed by atoms with Gasteiger partial charge in [-0.05, 0) is 35.9 Å². The molecule has 0 aromatic heterocycles. The van der Waals surface area contributed by atoms with Crippen molar-refractivity contribution in [1.82, 2.24) is 0 Å². The van der Waals surface area contributed by atoms with Crippen LogP contribution in [0.4, 0.5) is 5.69 Å². The van der Waals surface area contributed by atoms with Crippen molar-refractivity contribution in [3.8, 4) is 17.2 Å². The summed E-state index contributed by atoms with van der Waals surface area (Å²) in [6, 6.07) is 10.9. The van der Waals surface area contributed by atoms with Crippen molar-refractivity contribution in [2.24, 2.45) is 0 Å². The third-order valence-corrected chi connectivity index (χ3v) is 5.77. The average Bonchev–Trinajstić information content (AvgIpc) is 3.13. The van der Waals surface area contributed by atoms with Crippen LogP contribution in [-0.4, -0.2) is 39.8 Å². The van der Waals surface area contributed by atoms with E-state index in [-0.39, 0.29) is 18.9 Å². The Kier molecular flexibility index (Phi) is 5.42. The van der Waals surface area contributed by atoms with E-state index in [1.165, 1.54) is 21.3 Å². The fraction of sp³-hybridized carbons (Fsp3) is 0.273. The summed E-state index contributed by atoms with van der Waals surface area (Å²) in [6.07, 6.45) is 0.110. The summed E-state index contributed by atoms with van der Waals surface area (Å²) < 4.78 is 22.4. The van der Waals surface area contributed by atoms with Crippen molar-refractivity contribution in [3.05, 3.63) is 57.7 Å². The van der Waals surface area contributed by atoms with Crippen molar-refractivity contribution in [2.45, 2.75) is 12.3 Å². The van der Waals surface area contributed by atoms with E-state index in [1.54, 1.807) is 17.0 Å². The first-order chi connectivity index (χ1) is 14.5. The molecule has 1 atom stereocenters. The Hall–Kier alpha value is -3.00. The Morgan fingerprint density at radius 2 is 1.73 bits per heavy atom. The predicted molar refractivity (Wildman–Crippen MR) is 113 cm³/mol. The molecule has 2 heterocycles. The number of carbonyl (C=O) groups is 2. The Balaban J connectivity index is 1.85. The normalized spacial score (nSPS) is 18.3. The first-order valence-corrected chi connectivity index (χ1v) is 10.1. The fourth-order valence-corrected chi connectivity index (χ4v) is 4.34. The smallest absolute Gasteiger partial charge is 0.336 e. The monoisotopic (exact) mass is 473 g/mol. The lowest BCUT2D eigenvalue weighted by atomic mass is 9.83. The van der Waals surface area contributed by atoms with Crippen LogP contribution in [0.25, 0.3) is 0 Å². The number of esters is 1. The van der Waals surface area contributed by atoms with Gasteiger partial charge in [0.15, 0.2) is 11.5 Å². The standard InChI is InChI=1S/C22H20BrNO6/c1-27-17-7-12(8-18(28-2)21(17)29-3)15-10-19(25)24(14-6-4-5-13(23)9-14)16-11-30-22(26)20(15)16/h4-9,15H,10-11H2,1-3H3/t15-/m0/s1. The second kappa shape index (κ2) is 8.02. The highest BCUT2D eigenvalue weighted by Gasteiger charge is 2.43. The third-order valence-electron chi connectivity index (χ3n) is 5.27. The van der Waals surface area contributed by atoms with Crippen LogP contribution in [0.1, 0.15) is 17.9 Å². The summed E-state index contributed by atoms with van der Waals surface area (Å²) in [5.41, 5.74) is 2.44. The number of nitrogens with zero attached hydrogens (tertiary/aromatic N) is 1. The highest BCUT2D eigenvalue weighted by atomic mass is 79.9. The number of carbonyl (C=O) groups excluding carboxylic acids is 2. The Labute approximate surface area is 182 Å². The zero-order valence-electron chi connectivity index (χ0n) is 16.7. The van der Waals surface area contributed by atoms with Gasteiger partial charge in [-0.3, -0.25) is 9.69 Å². The molecule has 8 heteroatoms. The molecule has 2 aliphatic rings. The first-order valence-electron chi connectivity index (χ1n) is 9.27. The number of halogens is 1. The number of benzene rings is 2. The second-order valence-corrected chi connectivity index (χ2v) is 7.78. The molecular formula is C22H20BrNO6. The Morgan fingerprint density at radius 1 is 1.03 bits per heavy atom. The van der Waals surface area contributed by atoms with Gasteiger partial charge in [-0.1, -0.05) is 22.0 Å². The van der Waals surface area contributed by atoms with Crippen molar-refractivity contribution in [2.75, 3.05) is 32.8 Å². The van der Waals surface area contributed by atoms with Gasteiger partial charge >= 0.3 is 5.97 Å². The molecular weight excluding hydrogens is 454 g/mol. The van der Waals surface area contributed by atoms with Gasteiger partial charge in [0.2, 0.25) is 11.7 Å². The predicted octanol–water partition coefficient (Wildman–Crippen LogP) is 3.81. The summed E-state index contributed by atoms with van der Waals surface area (Å²) in [7, 11) is 4.57. The van der Waals surface area contributed by atoms with Crippen molar-refractivity contribution in [1.29, 1.82) is 0 Å². The van der Waals surface area contributed by atoms with E-state index >= 15 is 0 Å². The van der Waals surface area contributed by atoms with E-state index in [1.807, 2.05) is 24.3 Å².